The molecule has 0 bridgehead atoms. The molecule has 8 heteroatoms. The fourth-order valence-corrected chi connectivity index (χ4v) is 2.46. The van der Waals surface area contributed by atoms with E-state index in [1.54, 1.807) is 24.3 Å². The maximum absolute atomic E-state index is 13.5. The molecule has 0 aliphatic carbocycles. The van der Waals surface area contributed by atoms with Crippen LogP contribution in [-0.2, 0) is 11.3 Å². The summed E-state index contributed by atoms with van der Waals surface area (Å²) in [6, 6.07) is 10.6. The minimum atomic E-state index is -2.93. The van der Waals surface area contributed by atoms with E-state index in [1.807, 2.05) is 11.9 Å². The second kappa shape index (κ2) is 9.82. The van der Waals surface area contributed by atoms with Gasteiger partial charge in [0.15, 0.2) is 11.5 Å². The summed E-state index contributed by atoms with van der Waals surface area (Å²) in [5.41, 5.74) is 0.954. The number of nitrogens with zero attached hydrogens (tertiary/aromatic N) is 1. The summed E-state index contributed by atoms with van der Waals surface area (Å²) in [5, 5.41) is 2.53. The van der Waals surface area contributed by atoms with Gasteiger partial charge in [-0.15, -0.1) is 0 Å². The molecule has 0 saturated heterocycles. The molecule has 2 rings (SSSR count). The number of anilines is 1. The molecule has 0 heterocycles. The number of halogens is 3. The number of nitrogens with one attached hydrogen (secondary N) is 1. The quantitative estimate of drug-likeness (QED) is 0.715. The van der Waals surface area contributed by atoms with Gasteiger partial charge in [0.25, 0.3) is 0 Å². The molecule has 0 radical (unpaired) electrons. The number of benzene rings is 2. The molecule has 0 saturated carbocycles. The average Bonchev–Trinajstić information content (AvgIpc) is 2.63. The number of carbonyl (C=O) groups is 1. The first-order valence-corrected chi connectivity index (χ1v) is 8.23. The molecule has 0 spiro atoms. The first-order valence-electron chi connectivity index (χ1n) is 8.23. The molecule has 0 aliphatic heterocycles. The summed E-state index contributed by atoms with van der Waals surface area (Å²) in [5.74, 6) is -0.621. The van der Waals surface area contributed by atoms with Crippen molar-refractivity contribution in [3.8, 4) is 11.5 Å². The van der Waals surface area contributed by atoms with E-state index in [4.69, 9.17) is 4.74 Å². The average molecular weight is 382 g/mol. The van der Waals surface area contributed by atoms with E-state index in [2.05, 4.69) is 10.1 Å². The number of hydrogen-bond acceptors (Lipinski definition) is 4. The van der Waals surface area contributed by atoms with Crippen molar-refractivity contribution < 1.29 is 27.4 Å². The number of carbonyl (C=O) groups excluding carboxylic acids is 1. The van der Waals surface area contributed by atoms with Crippen LogP contribution in [0.4, 0.5) is 18.9 Å². The summed E-state index contributed by atoms with van der Waals surface area (Å²) >= 11 is 0. The molecule has 0 unspecified atom stereocenters. The third kappa shape index (κ3) is 6.49. The second-order valence-corrected chi connectivity index (χ2v) is 5.88. The number of methoxy groups -OCH3 is 1. The highest BCUT2D eigenvalue weighted by molar-refractivity contribution is 5.90. The van der Waals surface area contributed by atoms with Gasteiger partial charge < -0.3 is 19.7 Å². The normalized spacial score (nSPS) is 10.9. The number of rotatable bonds is 9. The zero-order valence-corrected chi connectivity index (χ0v) is 15.0. The smallest absolute Gasteiger partial charge is 0.387 e. The van der Waals surface area contributed by atoms with Crippen molar-refractivity contribution in [1.29, 1.82) is 0 Å². The lowest BCUT2D eigenvalue weighted by Gasteiger charge is -2.18. The number of ether oxygens (including phenoxy) is 2. The molecule has 0 fully saturated rings. The van der Waals surface area contributed by atoms with Crippen molar-refractivity contribution in [2.24, 2.45) is 0 Å². The van der Waals surface area contributed by atoms with Gasteiger partial charge in [-0.1, -0.05) is 18.2 Å². The van der Waals surface area contributed by atoms with Crippen LogP contribution < -0.4 is 14.8 Å². The van der Waals surface area contributed by atoms with Crippen LogP contribution in [0.5, 0.6) is 11.5 Å². The Morgan fingerprint density at radius 2 is 1.93 bits per heavy atom. The summed E-state index contributed by atoms with van der Waals surface area (Å²) in [7, 11) is 3.18. The standard InChI is InChI=1S/C19H21F3N2O3/c1-24(10-9-18(25)23-15-6-4-3-5-14(15)20)12-13-7-8-16(27-19(21)22)17(11-13)26-2/h3-8,11,19H,9-10,12H2,1-2H3,(H,23,25). The SMILES string of the molecule is COc1cc(CN(C)CCC(=O)Nc2ccccc2F)ccc1OC(F)F. The van der Waals surface area contributed by atoms with Crippen molar-refractivity contribution in [2.75, 3.05) is 26.0 Å². The predicted octanol–water partition coefficient (Wildman–Crippen LogP) is 3.90. The third-order valence-corrected chi connectivity index (χ3v) is 3.77. The molecule has 2 aromatic rings. The molecule has 1 N–H and O–H groups in total. The molecule has 1 amide bonds. The van der Waals surface area contributed by atoms with E-state index in [0.717, 1.165) is 5.56 Å². The van der Waals surface area contributed by atoms with Gasteiger partial charge in [-0.05, 0) is 36.9 Å². The van der Waals surface area contributed by atoms with E-state index in [0.29, 0.717) is 13.1 Å². The van der Waals surface area contributed by atoms with Crippen molar-refractivity contribution in [3.63, 3.8) is 0 Å². The summed E-state index contributed by atoms with van der Waals surface area (Å²) in [6.45, 7) is -2.03. The maximum Gasteiger partial charge on any atom is 0.387 e. The Labute approximate surface area is 155 Å². The lowest BCUT2D eigenvalue weighted by molar-refractivity contribution is -0.116. The second-order valence-electron chi connectivity index (χ2n) is 5.88. The van der Waals surface area contributed by atoms with Gasteiger partial charge in [-0.25, -0.2) is 4.39 Å². The predicted molar refractivity (Wildman–Crippen MR) is 95.6 cm³/mol. The minimum Gasteiger partial charge on any atom is -0.493 e. The summed E-state index contributed by atoms with van der Waals surface area (Å²) in [6.07, 6.45) is 0.175. The van der Waals surface area contributed by atoms with E-state index in [1.165, 1.54) is 25.3 Å². The molecule has 0 atom stereocenters. The Balaban J connectivity index is 1.87. The lowest BCUT2D eigenvalue weighted by atomic mass is 10.2. The molecule has 0 aromatic heterocycles. The number of hydrogen-bond donors (Lipinski definition) is 1. The third-order valence-electron chi connectivity index (χ3n) is 3.77. The van der Waals surface area contributed by atoms with Crippen LogP contribution in [0.2, 0.25) is 0 Å². The molecule has 146 valence electrons. The van der Waals surface area contributed by atoms with Crippen LogP contribution in [0, 0.1) is 5.82 Å². The zero-order valence-electron chi connectivity index (χ0n) is 15.0. The van der Waals surface area contributed by atoms with Gasteiger partial charge in [0, 0.05) is 19.5 Å². The van der Waals surface area contributed by atoms with Gasteiger partial charge >= 0.3 is 6.61 Å². The van der Waals surface area contributed by atoms with Gasteiger partial charge in [-0.3, -0.25) is 4.79 Å². The number of alkyl halides is 2. The minimum absolute atomic E-state index is 0.0387. The highest BCUT2D eigenvalue weighted by Gasteiger charge is 2.13. The van der Waals surface area contributed by atoms with Gasteiger partial charge in [0.1, 0.15) is 5.82 Å². The Morgan fingerprint density at radius 1 is 1.19 bits per heavy atom. The Morgan fingerprint density at radius 3 is 2.59 bits per heavy atom. The van der Waals surface area contributed by atoms with Crippen LogP contribution in [0.15, 0.2) is 42.5 Å². The first kappa shape index (κ1) is 20.6. The van der Waals surface area contributed by atoms with Crippen LogP contribution in [0.3, 0.4) is 0 Å². The number of para-hydroxylation sites is 1. The van der Waals surface area contributed by atoms with Crippen LogP contribution >= 0.6 is 0 Å². The Kier molecular flexibility index (Phi) is 7.48. The van der Waals surface area contributed by atoms with Gasteiger partial charge in [0.05, 0.1) is 12.8 Å². The highest BCUT2D eigenvalue weighted by Crippen LogP contribution is 2.29. The van der Waals surface area contributed by atoms with E-state index in [-0.39, 0.29) is 29.5 Å². The molecule has 27 heavy (non-hydrogen) atoms. The Bertz CT molecular complexity index is 772. The van der Waals surface area contributed by atoms with Crippen molar-refractivity contribution >= 4 is 11.6 Å². The largest absolute Gasteiger partial charge is 0.493 e. The fraction of sp³-hybridized carbons (Fsp3) is 0.316. The van der Waals surface area contributed by atoms with Crippen molar-refractivity contribution in [3.05, 3.63) is 53.8 Å². The van der Waals surface area contributed by atoms with E-state index < -0.39 is 12.4 Å². The topological polar surface area (TPSA) is 50.8 Å². The number of amides is 1. The summed E-state index contributed by atoms with van der Waals surface area (Å²) in [4.78, 5) is 13.8. The van der Waals surface area contributed by atoms with E-state index >= 15 is 0 Å². The monoisotopic (exact) mass is 382 g/mol. The maximum atomic E-state index is 13.5. The van der Waals surface area contributed by atoms with E-state index in [9.17, 15) is 18.0 Å². The van der Waals surface area contributed by atoms with Gasteiger partial charge in [-0.2, -0.15) is 8.78 Å². The molecule has 0 aliphatic rings. The lowest BCUT2D eigenvalue weighted by Crippen LogP contribution is -2.24. The highest BCUT2D eigenvalue weighted by atomic mass is 19.3. The molecular formula is C19H21F3N2O3. The molecular weight excluding hydrogens is 361 g/mol. The van der Waals surface area contributed by atoms with Crippen LogP contribution in [0.25, 0.3) is 0 Å². The molecule has 2 aromatic carbocycles. The van der Waals surface area contributed by atoms with Crippen molar-refractivity contribution in [2.45, 2.75) is 19.6 Å². The Hall–Kier alpha value is -2.74. The van der Waals surface area contributed by atoms with Crippen LogP contribution in [0.1, 0.15) is 12.0 Å². The fourth-order valence-electron chi connectivity index (χ4n) is 2.46. The summed E-state index contributed by atoms with van der Waals surface area (Å²) < 4.78 is 47.7. The molecule has 5 nitrogen and oxygen atoms in total. The van der Waals surface area contributed by atoms with Crippen molar-refractivity contribution in [1.82, 2.24) is 4.90 Å². The first-order chi connectivity index (χ1) is 12.9. The zero-order chi connectivity index (χ0) is 19.8. The van der Waals surface area contributed by atoms with Gasteiger partial charge in [0.2, 0.25) is 5.91 Å². The van der Waals surface area contributed by atoms with Crippen LogP contribution in [-0.4, -0.2) is 38.1 Å².